The van der Waals surface area contributed by atoms with Gasteiger partial charge in [-0.05, 0) is 56.0 Å². The van der Waals surface area contributed by atoms with E-state index < -0.39 is 12.1 Å². The van der Waals surface area contributed by atoms with E-state index in [0.717, 1.165) is 41.1 Å². The van der Waals surface area contributed by atoms with Crippen LogP contribution in [0.25, 0.3) is 0 Å². The lowest BCUT2D eigenvalue weighted by Gasteiger charge is -2.18. The predicted molar refractivity (Wildman–Crippen MR) is 105 cm³/mol. The lowest BCUT2D eigenvalue weighted by atomic mass is 10.1. The summed E-state index contributed by atoms with van der Waals surface area (Å²) in [4.78, 5) is 11.0. The molecule has 0 bridgehead atoms. The minimum atomic E-state index is -0.883. The summed E-state index contributed by atoms with van der Waals surface area (Å²) >= 11 is 0. The molecule has 0 aliphatic heterocycles. The number of carboxylic acid groups (broad SMARTS) is 1. The van der Waals surface area contributed by atoms with Crippen LogP contribution in [0, 0.1) is 0 Å². The Kier molecular flexibility index (Phi) is 7.67. The average Bonchev–Trinajstić information content (AvgIpc) is 3.05. The Morgan fingerprint density at radius 2 is 2.07 bits per heavy atom. The molecule has 2 atom stereocenters. The van der Waals surface area contributed by atoms with Gasteiger partial charge in [0, 0.05) is 12.2 Å². The van der Waals surface area contributed by atoms with Gasteiger partial charge in [0.1, 0.15) is 17.6 Å². The first-order valence-corrected chi connectivity index (χ1v) is 9.20. The molecule has 1 aromatic rings. The zero-order chi connectivity index (χ0) is 19.8. The van der Waals surface area contributed by atoms with E-state index in [4.69, 9.17) is 19.3 Å². The van der Waals surface area contributed by atoms with Crippen LogP contribution >= 0.6 is 0 Å². The number of carbonyl (C=O) groups is 1. The molecule has 0 radical (unpaired) electrons. The molecule has 0 saturated heterocycles. The van der Waals surface area contributed by atoms with E-state index in [-0.39, 0.29) is 12.5 Å². The van der Waals surface area contributed by atoms with Crippen LogP contribution in [0.15, 0.2) is 59.9 Å². The van der Waals surface area contributed by atoms with Gasteiger partial charge in [-0.2, -0.15) is 0 Å². The summed E-state index contributed by atoms with van der Waals surface area (Å²) in [6, 6.07) is 7.43. The van der Waals surface area contributed by atoms with E-state index in [1.165, 1.54) is 0 Å². The fraction of sp³-hybridized carbons (Fsp3) is 0.409. The first-order valence-electron chi connectivity index (χ1n) is 9.20. The van der Waals surface area contributed by atoms with Crippen LogP contribution in [0.1, 0.15) is 44.8 Å². The van der Waals surface area contributed by atoms with Crippen molar-refractivity contribution in [2.75, 3.05) is 13.7 Å². The number of ether oxygens (including phenoxy) is 3. The van der Waals surface area contributed by atoms with E-state index in [1.54, 1.807) is 7.11 Å². The summed E-state index contributed by atoms with van der Waals surface area (Å²) in [5, 5.41) is 9.05. The van der Waals surface area contributed by atoms with Crippen LogP contribution in [0.3, 0.4) is 0 Å². The molecule has 1 unspecified atom stereocenters. The van der Waals surface area contributed by atoms with Crippen LogP contribution in [0.4, 0.5) is 0 Å². The van der Waals surface area contributed by atoms with Crippen molar-refractivity contribution >= 4 is 5.97 Å². The quantitative estimate of drug-likeness (QED) is 0.597. The molecule has 0 aromatic heterocycles. The molecule has 1 aliphatic carbocycles. The first kappa shape index (κ1) is 20.8. The van der Waals surface area contributed by atoms with Crippen molar-refractivity contribution in [3.05, 3.63) is 65.5 Å². The molecule has 2 rings (SSSR count). The summed E-state index contributed by atoms with van der Waals surface area (Å²) < 4.78 is 17.2. The van der Waals surface area contributed by atoms with Gasteiger partial charge in [0.2, 0.25) is 0 Å². The van der Waals surface area contributed by atoms with Crippen molar-refractivity contribution in [1.29, 1.82) is 0 Å². The second kappa shape index (κ2) is 9.97. The molecule has 27 heavy (non-hydrogen) atoms. The fourth-order valence-corrected chi connectivity index (χ4v) is 3.39. The number of aliphatic carboxylic acids is 1. The lowest BCUT2D eigenvalue weighted by molar-refractivity contribution is -0.140. The molecule has 0 spiro atoms. The molecule has 5 nitrogen and oxygen atoms in total. The third-order valence-electron chi connectivity index (χ3n) is 4.61. The Bertz CT molecular complexity index is 715. The second-order valence-corrected chi connectivity index (χ2v) is 6.25. The van der Waals surface area contributed by atoms with Crippen LogP contribution < -0.4 is 4.74 Å². The van der Waals surface area contributed by atoms with Crippen molar-refractivity contribution in [1.82, 2.24) is 0 Å². The zero-order valence-corrected chi connectivity index (χ0v) is 16.2. The van der Waals surface area contributed by atoms with Gasteiger partial charge in [-0.15, -0.1) is 0 Å². The number of hydrogen-bond acceptors (Lipinski definition) is 4. The van der Waals surface area contributed by atoms with Crippen molar-refractivity contribution in [3.63, 3.8) is 0 Å². The number of carboxylic acids is 1. The Balaban J connectivity index is 2.14. The van der Waals surface area contributed by atoms with Gasteiger partial charge in [-0.3, -0.25) is 4.79 Å². The minimum Gasteiger partial charge on any atom is -0.497 e. The van der Waals surface area contributed by atoms with Crippen LogP contribution in [-0.4, -0.2) is 30.9 Å². The summed E-state index contributed by atoms with van der Waals surface area (Å²) in [6.07, 6.45) is 4.93. The highest BCUT2D eigenvalue weighted by molar-refractivity contribution is 5.67. The van der Waals surface area contributed by atoms with Gasteiger partial charge in [0.15, 0.2) is 0 Å². The first-order chi connectivity index (χ1) is 13.0. The van der Waals surface area contributed by atoms with Gasteiger partial charge >= 0.3 is 5.97 Å². The molecule has 1 N–H and O–H groups in total. The lowest BCUT2D eigenvalue weighted by Crippen LogP contribution is -2.15. The molecule has 1 aliphatic rings. The molecule has 0 amide bonds. The zero-order valence-electron chi connectivity index (χ0n) is 16.2. The molecule has 0 saturated carbocycles. The average molecular weight is 372 g/mol. The third kappa shape index (κ3) is 5.23. The van der Waals surface area contributed by atoms with E-state index in [2.05, 4.69) is 6.58 Å². The van der Waals surface area contributed by atoms with Gasteiger partial charge < -0.3 is 19.3 Å². The molecule has 0 heterocycles. The van der Waals surface area contributed by atoms with E-state index in [9.17, 15) is 4.79 Å². The van der Waals surface area contributed by atoms with Crippen LogP contribution in [0.5, 0.6) is 5.75 Å². The maximum absolute atomic E-state index is 11.0. The molecule has 0 fully saturated rings. The highest BCUT2D eigenvalue weighted by atomic mass is 16.5. The fourth-order valence-electron chi connectivity index (χ4n) is 3.39. The topological polar surface area (TPSA) is 65.0 Å². The van der Waals surface area contributed by atoms with Crippen LogP contribution in [0.2, 0.25) is 0 Å². The van der Waals surface area contributed by atoms with Gasteiger partial charge in [0.25, 0.3) is 0 Å². The SMILES string of the molecule is C=CC1=C(/C(=C\C)OC)CCC1Oc1ccc([C@H](CC(=O)O)OCC)cc1. The maximum atomic E-state index is 11.0. The highest BCUT2D eigenvalue weighted by Crippen LogP contribution is 2.35. The number of hydrogen-bond donors (Lipinski definition) is 1. The Labute approximate surface area is 160 Å². The van der Waals surface area contributed by atoms with Crippen LogP contribution in [-0.2, 0) is 14.3 Å². The van der Waals surface area contributed by atoms with Crippen molar-refractivity contribution < 1.29 is 24.1 Å². The second-order valence-electron chi connectivity index (χ2n) is 6.25. The molecule has 146 valence electrons. The smallest absolute Gasteiger partial charge is 0.306 e. The number of rotatable bonds is 10. The summed E-state index contributed by atoms with van der Waals surface area (Å²) in [5.74, 6) is 0.708. The Morgan fingerprint density at radius 1 is 1.37 bits per heavy atom. The standard InChI is InChI=1S/C22H28O5/c1-5-17-18(19(6-2)25-4)12-13-20(17)27-16-10-8-15(9-11-16)21(26-7-3)14-22(23)24/h5-6,8-11,20-21H,1,7,12-14H2,2-4H3,(H,23,24)/b19-6+/t20?,21-/m0/s1. The summed E-state index contributed by atoms with van der Waals surface area (Å²) in [6.45, 7) is 8.19. The van der Waals surface area contributed by atoms with Crippen molar-refractivity contribution in [3.8, 4) is 5.75 Å². The van der Waals surface area contributed by atoms with E-state index in [1.807, 2.05) is 50.3 Å². The normalized spacial score (nSPS) is 18.3. The molecule has 1 aromatic carbocycles. The Hall–Kier alpha value is -2.53. The van der Waals surface area contributed by atoms with Crippen molar-refractivity contribution in [2.24, 2.45) is 0 Å². The van der Waals surface area contributed by atoms with Gasteiger partial charge in [-0.1, -0.05) is 24.8 Å². The number of methoxy groups -OCH3 is 1. The van der Waals surface area contributed by atoms with Crippen molar-refractivity contribution in [2.45, 2.75) is 45.3 Å². The Morgan fingerprint density at radius 3 is 2.59 bits per heavy atom. The predicted octanol–water partition coefficient (Wildman–Crippen LogP) is 4.81. The minimum absolute atomic E-state index is 0.0630. The maximum Gasteiger partial charge on any atom is 0.306 e. The molecular weight excluding hydrogens is 344 g/mol. The molecular formula is C22H28O5. The van der Waals surface area contributed by atoms with Gasteiger partial charge in [-0.25, -0.2) is 0 Å². The summed E-state index contributed by atoms with van der Waals surface area (Å²) in [5.41, 5.74) is 3.01. The number of allylic oxidation sites excluding steroid dienone is 2. The monoisotopic (exact) mass is 372 g/mol. The van der Waals surface area contributed by atoms with E-state index in [0.29, 0.717) is 6.61 Å². The van der Waals surface area contributed by atoms with E-state index >= 15 is 0 Å². The third-order valence-corrected chi connectivity index (χ3v) is 4.61. The molecule has 5 heteroatoms. The highest BCUT2D eigenvalue weighted by Gasteiger charge is 2.27. The number of benzene rings is 1. The summed E-state index contributed by atoms with van der Waals surface area (Å²) in [7, 11) is 1.67. The largest absolute Gasteiger partial charge is 0.497 e. The van der Waals surface area contributed by atoms with Gasteiger partial charge in [0.05, 0.1) is 19.6 Å².